The van der Waals surface area contributed by atoms with Crippen molar-refractivity contribution in [1.82, 2.24) is 9.97 Å². The van der Waals surface area contributed by atoms with Crippen LogP contribution in [-0.2, 0) is 6.42 Å². The molecule has 0 atom stereocenters. The number of hydrogen-bond donors (Lipinski definition) is 1. The van der Waals surface area contributed by atoms with Gasteiger partial charge in [-0.15, -0.1) is 11.6 Å². The molecule has 0 spiro atoms. The van der Waals surface area contributed by atoms with E-state index < -0.39 is 0 Å². The minimum Gasteiger partial charge on any atom is -0.310 e. The minimum absolute atomic E-state index is 0.0785. The Morgan fingerprint density at radius 2 is 2.13 bits per heavy atom. The summed E-state index contributed by atoms with van der Waals surface area (Å²) >= 11 is 5.59. The number of aryl methyl sites for hydroxylation is 1. The van der Waals surface area contributed by atoms with Crippen molar-refractivity contribution in [3.8, 4) is 0 Å². The van der Waals surface area contributed by atoms with Gasteiger partial charge in [0, 0.05) is 12.3 Å². The molecule has 4 heteroatoms. The molecular formula is C11H11ClN2O. The van der Waals surface area contributed by atoms with Crippen molar-refractivity contribution in [2.75, 3.05) is 5.88 Å². The van der Waals surface area contributed by atoms with Crippen LogP contribution in [0.3, 0.4) is 0 Å². The molecule has 0 aliphatic carbocycles. The van der Waals surface area contributed by atoms with Crippen LogP contribution >= 0.6 is 11.6 Å². The van der Waals surface area contributed by atoms with Crippen LogP contribution in [0.4, 0.5) is 0 Å². The molecule has 1 heterocycles. The number of fused-ring (bicyclic) bond motifs is 1. The molecule has 0 aliphatic rings. The van der Waals surface area contributed by atoms with E-state index in [1.54, 1.807) is 6.07 Å². The van der Waals surface area contributed by atoms with Crippen molar-refractivity contribution in [1.29, 1.82) is 0 Å². The Morgan fingerprint density at radius 3 is 2.93 bits per heavy atom. The van der Waals surface area contributed by atoms with Crippen molar-refractivity contribution >= 4 is 22.5 Å². The van der Waals surface area contributed by atoms with Crippen LogP contribution in [0.25, 0.3) is 10.9 Å². The predicted molar refractivity (Wildman–Crippen MR) is 61.4 cm³/mol. The molecule has 78 valence electrons. The molecular weight excluding hydrogens is 212 g/mol. The summed E-state index contributed by atoms with van der Waals surface area (Å²) in [5, 5.41) is 0.632. The number of alkyl halides is 1. The molecule has 0 saturated carbocycles. The largest absolute Gasteiger partial charge is 0.310 e. The lowest BCUT2D eigenvalue weighted by Crippen LogP contribution is -2.11. The smallest absolute Gasteiger partial charge is 0.258 e. The third-order valence-electron chi connectivity index (χ3n) is 2.21. The van der Waals surface area contributed by atoms with Gasteiger partial charge in [0.05, 0.1) is 10.9 Å². The Bertz CT molecular complexity index is 521. The molecule has 0 fully saturated rings. The fourth-order valence-electron chi connectivity index (χ4n) is 1.49. The highest BCUT2D eigenvalue weighted by atomic mass is 35.5. The second-order valence-electron chi connectivity index (χ2n) is 3.32. The normalized spacial score (nSPS) is 10.7. The Morgan fingerprint density at radius 1 is 1.33 bits per heavy atom. The monoisotopic (exact) mass is 222 g/mol. The zero-order valence-electron chi connectivity index (χ0n) is 8.16. The first kappa shape index (κ1) is 10.2. The quantitative estimate of drug-likeness (QED) is 0.809. The topological polar surface area (TPSA) is 45.8 Å². The first-order valence-electron chi connectivity index (χ1n) is 4.85. The van der Waals surface area contributed by atoms with Gasteiger partial charge in [0.25, 0.3) is 5.56 Å². The standard InChI is InChI=1S/C11H11ClN2O/c12-7-3-6-10-13-9-5-2-1-4-8(9)11(15)14-10/h1-2,4-5H,3,6-7H2,(H,13,14,15). The summed E-state index contributed by atoms with van der Waals surface area (Å²) in [4.78, 5) is 18.8. The van der Waals surface area contributed by atoms with Gasteiger partial charge in [-0.3, -0.25) is 4.79 Å². The van der Waals surface area contributed by atoms with E-state index in [9.17, 15) is 4.79 Å². The van der Waals surface area contributed by atoms with Crippen LogP contribution in [0.5, 0.6) is 0 Å². The van der Waals surface area contributed by atoms with Gasteiger partial charge in [0.2, 0.25) is 0 Å². The van der Waals surface area contributed by atoms with Crippen molar-refractivity contribution in [3.05, 3.63) is 40.4 Å². The lowest BCUT2D eigenvalue weighted by Gasteiger charge is -2.01. The van der Waals surface area contributed by atoms with Crippen LogP contribution in [0.15, 0.2) is 29.1 Å². The summed E-state index contributed by atoms with van der Waals surface area (Å²) in [6, 6.07) is 7.32. The van der Waals surface area contributed by atoms with Gasteiger partial charge < -0.3 is 4.98 Å². The van der Waals surface area contributed by atoms with Crippen molar-refractivity contribution in [2.45, 2.75) is 12.8 Å². The maximum atomic E-state index is 11.6. The average Bonchev–Trinajstić information content (AvgIpc) is 2.26. The Kier molecular flexibility index (Phi) is 3.02. The van der Waals surface area contributed by atoms with E-state index in [0.717, 1.165) is 11.9 Å². The van der Waals surface area contributed by atoms with Crippen molar-refractivity contribution in [2.24, 2.45) is 0 Å². The van der Waals surface area contributed by atoms with E-state index >= 15 is 0 Å². The molecule has 3 nitrogen and oxygen atoms in total. The average molecular weight is 223 g/mol. The Labute approximate surface area is 92.1 Å². The van der Waals surface area contributed by atoms with Gasteiger partial charge in [-0.1, -0.05) is 12.1 Å². The molecule has 0 amide bonds. The van der Waals surface area contributed by atoms with Gasteiger partial charge in [0.1, 0.15) is 5.82 Å². The van der Waals surface area contributed by atoms with E-state index in [4.69, 9.17) is 11.6 Å². The first-order valence-corrected chi connectivity index (χ1v) is 5.38. The lowest BCUT2D eigenvalue weighted by atomic mass is 10.2. The van der Waals surface area contributed by atoms with Crippen LogP contribution in [0.1, 0.15) is 12.2 Å². The van der Waals surface area contributed by atoms with E-state index in [-0.39, 0.29) is 5.56 Å². The molecule has 0 unspecified atom stereocenters. The van der Waals surface area contributed by atoms with E-state index in [1.165, 1.54) is 0 Å². The molecule has 1 aromatic heterocycles. The number of nitrogens with one attached hydrogen (secondary N) is 1. The third-order valence-corrected chi connectivity index (χ3v) is 2.48. The summed E-state index contributed by atoms with van der Waals surface area (Å²) in [5.41, 5.74) is 0.663. The van der Waals surface area contributed by atoms with Gasteiger partial charge >= 0.3 is 0 Å². The zero-order valence-corrected chi connectivity index (χ0v) is 8.92. The van der Waals surface area contributed by atoms with Crippen molar-refractivity contribution < 1.29 is 0 Å². The Hall–Kier alpha value is -1.35. The number of halogens is 1. The third kappa shape index (κ3) is 2.18. The van der Waals surface area contributed by atoms with Crippen molar-refractivity contribution in [3.63, 3.8) is 0 Å². The maximum absolute atomic E-state index is 11.6. The van der Waals surface area contributed by atoms with Crippen LogP contribution in [-0.4, -0.2) is 15.8 Å². The van der Waals surface area contributed by atoms with Gasteiger partial charge in [-0.05, 0) is 18.6 Å². The molecule has 2 rings (SSSR count). The number of benzene rings is 1. The second kappa shape index (κ2) is 4.45. The highest BCUT2D eigenvalue weighted by molar-refractivity contribution is 6.17. The molecule has 15 heavy (non-hydrogen) atoms. The molecule has 0 radical (unpaired) electrons. The Balaban J connectivity index is 2.48. The highest BCUT2D eigenvalue weighted by Crippen LogP contribution is 2.06. The summed E-state index contributed by atoms with van der Waals surface area (Å²) in [5.74, 6) is 1.29. The van der Waals surface area contributed by atoms with Crippen LogP contribution in [0.2, 0.25) is 0 Å². The van der Waals surface area contributed by atoms with Crippen LogP contribution in [0, 0.1) is 0 Å². The maximum Gasteiger partial charge on any atom is 0.258 e. The summed E-state index contributed by atoms with van der Waals surface area (Å²) in [6.45, 7) is 0. The number of para-hydroxylation sites is 1. The molecule has 0 aliphatic heterocycles. The predicted octanol–water partition coefficient (Wildman–Crippen LogP) is 2.09. The number of H-pyrrole nitrogens is 1. The number of aromatic nitrogens is 2. The lowest BCUT2D eigenvalue weighted by molar-refractivity contribution is 0.841. The zero-order chi connectivity index (χ0) is 10.7. The van der Waals surface area contributed by atoms with Gasteiger partial charge in [-0.2, -0.15) is 0 Å². The van der Waals surface area contributed by atoms with E-state index in [0.29, 0.717) is 23.5 Å². The molecule has 1 aromatic carbocycles. The van der Waals surface area contributed by atoms with Gasteiger partial charge in [0.15, 0.2) is 0 Å². The number of hydrogen-bond acceptors (Lipinski definition) is 2. The fourth-order valence-corrected chi connectivity index (χ4v) is 1.62. The van der Waals surface area contributed by atoms with E-state index in [1.807, 2.05) is 18.2 Å². The van der Waals surface area contributed by atoms with Crippen LogP contribution < -0.4 is 5.56 Å². The summed E-state index contributed by atoms with van der Waals surface area (Å²) < 4.78 is 0. The number of aromatic amines is 1. The first-order chi connectivity index (χ1) is 7.31. The molecule has 0 saturated heterocycles. The second-order valence-corrected chi connectivity index (χ2v) is 3.70. The molecule has 0 bridgehead atoms. The highest BCUT2D eigenvalue weighted by Gasteiger charge is 2.02. The molecule has 1 N–H and O–H groups in total. The van der Waals surface area contributed by atoms with E-state index in [2.05, 4.69) is 9.97 Å². The fraction of sp³-hybridized carbons (Fsp3) is 0.273. The summed E-state index contributed by atoms with van der Waals surface area (Å²) in [6.07, 6.45) is 1.53. The SMILES string of the molecule is O=c1[nH]c(CCCCl)nc2ccccc12. The van der Waals surface area contributed by atoms with Gasteiger partial charge in [-0.25, -0.2) is 4.98 Å². The minimum atomic E-state index is -0.0785. The number of nitrogens with zero attached hydrogens (tertiary/aromatic N) is 1. The summed E-state index contributed by atoms with van der Waals surface area (Å²) in [7, 11) is 0. The molecule has 2 aromatic rings. The number of rotatable bonds is 3.